The molecule has 0 saturated carbocycles. The van der Waals surface area contributed by atoms with Crippen LogP contribution in [0.15, 0.2) is 71.7 Å². The number of nitrogens with zero attached hydrogens (tertiary/aromatic N) is 2. The quantitative estimate of drug-likeness (QED) is 0.519. The van der Waals surface area contributed by atoms with Crippen molar-refractivity contribution in [3.05, 3.63) is 87.8 Å². The first kappa shape index (κ1) is 19.5. The number of rotatable bonds is 4. The van der Waals surface area contributed by atoms with Gasteiger partial charge >= 0.3 is 0 Å². The van der Waals surface area contributed by atoms with Crippen molar-refractivity contribution in [2.24, 2.45) is 0 Å². The zero-order valence-corrected chi connectivity index (χ0v) is 16.6. The van der Waals surface area contributed by atoms with Crippen molar-refractivity contribution < 1.29 is 14.6 Å². The smallest absolute Gasteiger partial charge is 0.273 e. The molecule has 7 nitrogen and oxygen atoms in total. The van der Waals surface area contributed by atoms with E-state index in [4.69, 9.17) is 16.3 Å². The van der Waals surface area contributed by atoms with E-state index >= 15 is 0 Å². The van der Waals surface area contributed by atoms with Crippen molar-refractivity contribution >= 4 is 34.2 Å². The molecule has 0 bridgehead atoms. The Morgan fingerprint density at radius 1 is 1.13 bits per heavy atom. The van der Waals surface area contributed by atoms with Crippen molar-refractivity contribution in [1.29, 1.82) is 0 Å². The molecule has 0 spiro atoms. The summed E-state index contributed by atoms with van der Waals surface area (Å²) in [5, 5.41) is 14.0. The highest BCUT2D eigenvalue weighted by molar-refractivity contribution is 6.31. The van der Waals surface area contributed by atoms with E-state index in [0.29, 0.717) is 22.1 Å². The van der Waals surface area contributed by atoms with Gasteiger partial charge in [0.2, 0.25) is 0 Å². The van der Waals surface area contributed by atoms with Crippen molar-refractivity contribution in [1.82, 2.24) is 9.55 Å². The van der Waals surface area contributed by atoms with Gasteiger partial charge in [0.25, 0.3) is 11.5 Å². The van der Waals surface area contributed by atoms with Crippen molar-refractivity contribution in [2.45, 2.75) is 0 Å². The number of hydrogen-bond acceptors (Lipinski definition) is 5. The molecule has 4 rings (SSSR count). The maximum Gasteiger partial charge on any atom is 0.273 e. The third-order valence-electron chi connectivity index (χ3n) is 4.53. The maximum atomic E-state index is 13.3. The van der Waals surface area contributed by atoms with Gasteiger partial charge in [-0.1, -0.05) is 23.7 Å². The van der Waals surface area contributed by atoms with Gasteiger partial charge < -0.3 is 15.2 Å². The number of hydrogen-bond donors (Lipinski definition) is 2. The molecule has 0 aliphatic carbocycles. The number of anilines is 1. The van der Waals surface area contributed by atoms with Gasteiger partial charge in [0.15, 0.2) is 5.65 Å². The van der Waals surface area contributed by atoms with Crippen LogP contribution in [0.5, 0.6) is 11.5 Å². The predicted octanol–water partition coefficient (Wildman–Crippen LogP) is 4.01. The van der Waals surface area contributed by atoms with Crippen LogP contribution in [-0.2, 0) is 0 Å². The second-order valence-corrected chi connectivity index (χ2v) is 6.84. The molecule has 8 heteroatoms. The number of ether oxygens (including phenoxy) is 1. The van der Waals surface area contributed by atoms with E-state index in [1.54, 1.807) is 60.7 Å². The molecule has 0 aliphatic rings. The van der Waals surface area contributed by atoms with Crippen molar-refractivity contribution in [3.8, 4) is 17.2 Å². The summed E-state index contributed by atoms with van der Waals surface area (Å²) in [5.41, 5.74) is -0.0669. The molecular weight excluding hydrogens is 406 g/mol. The summed E-state index contributed by atoms with van der Waals surface area (Å²) in [7, 11) is 1.51. The van der Waals surface area contributed by atoms with E-state index in [-0.39, 0.29) is 11.0 Å². The van der Waals surface area contributed by atoms with E-state index < -0.39 is 22.8 Å². The Bertz CT molecular complexity index is 1330. The molecule has 2 heterocycles. The van der Waals surface area contributed by atoms with Crippen LogP contribution in [0.1, 0.15) is 10.4 Å². The van der Waals surface area contributed by atoms with Crippen LogP contribution in [0.2, 0.25) is 5.02 Å². The highest BCUT2D eigenvalue weighted by atomic mass is 35.5. The standard InChI is InChI=1S/C22H16ClN3O4/c1-30-16-8-3-7-15(12-16)26-20-17(9-4-10-24-20)19(27)18(22(26)29)21(28)25-14-6-2-5-13(23)11-14/h2-12,27H,1H3,(H,25,28). The van der Waals surface area contributed by atoms with Crippen LogP contribution in [0.25, 0.3) is 16.7 Å². The minimum Gasteiger partial charge on any atom is -0.506 e. The van der Waals surface area contributed by atoms with Gasteiger partial charge in [-0.05, 0) is 42.5 Å². The van der Waals surface area contributed by atoms with Gasteiger partial charge in [-0.2, -0.15) is 0 Å². The van der Waals surface area contributed by atoms with E-state index in [0.717, 1.165) is 0 Å². The zero-order chi connectivity index (χ0) is 21.3. The molecule has 0 fully saturated rings. The summed E-state index contributed by atoms with van der Waals surface area (Å²) >= 11 is 5.96. The molecule has 2 aromatic heterocycles. The lowest BCUT2D eigenvalue weighted by Crippen LogP contribution is -2.29. The summed E-state index contributed by atoms with van der Waals surface area (Å²) < 4.78 is 6.51. The lowest BCUT2D eigenvalue weighted by Gasteiger charge is -2.15. The number of pyridine rings is 2. The van der Waals surface area contributed by atoms with Gasteiger partial charge in [-0.25, -0.2) is 4.98 Å². The maximum absolute atomic E-state index is 13.3. The van der Waals surface area contributed by atoms with Gasteiger partial charge in [0, 0.05) is 23.0 Å². The highest BCUT2D eigenvalue weighted by Gasteiger charge is 2.24. The zero-order valence-electron chi connectivity index (χ0n) is 15.8. The van der Waals surface area contributed by atoms with Crippen LogP contribution < -0.4 is 15.6 Å². The molecule has 0 atom stereocenters. The van der Waals surface area contributed by atoms with E-state index in [1.807, 2.05) is 0 Å². The van der Waals surface area contributed by atoms with Gasteiger partial charge in [-0.3, -0.25) is 14.2 Å². The number of halogens is 1. The van der Waals surface area contributed by atoms with Crippen LogP contribution in [0, 0.1) is 0 Å². The molecule has 0 saturated heterocycles. The van der Waals surface area contributed by atoms with Crippen LogP contribution >= 0.6 is 11.6 Å². The lowest BCUT2D eigenvalue weighted by molar-refractivity contribution is 0.102. The van der Waals surface area contributed by atoms with E-state index in [2.05, 4.69) is 10.3 Å². The molecule has 2 N–H and O–H groups in total. The average Bonchev–Trinajstić information content (AvgIpc) is 2.74. The minimum atomic E-state index is -0.762. The number of aromatic nitrogens is 2. The van der Waals surface area contributed by atoms with E-state index in [1.165, 1.54) is 17.9 Å². The first-order valence-corrected chi connectivity index (χ1v) is 9.31. The fourth-order valence-electron chi connectivity index (χ4n) is 3.16. The lowest BCUT2D eigenvalue weighted by atomic mass is 10.1. The summed E-state index contributed by atoms with van der Waals surface area (Å²) in [6, 6.07) is 16.5. The summed E-state index contributed by atoms with van der Waals surface area (Å²) in [6.07, 6.45) is 1.50. The first-order chi connectivity index (χ1) is 14.5. The second kappa shape index (κ2) is 7.88. The van der Waals surface area contributed by atoms with Crippen LogP contribution in [0.4, 0.5) is 5.69 Å². The Morgan fingerprint density at radius 3 is 2.70 bits per heavy atom. The number of aromatic hydroxyl groups is 1. The Kier molecular flexibility index (Phi) is 5.12. The predicted molar refractivity (Wildman–Crippen MR) is 115 cm³/mol. The normalized spacial score (nSPS) is 10.7. The highest BCUT2D eigenvalue weighted by Crippen LogP contribution is 2.28. The van der Waals surface area contributed by atoms with Gasteiger partial charge in [0.05, 0.1) is 18.2 Å². The van der Waals surface area contributed by atoms with Gasteiger partial charge in [-0.15, -0.1) is 0 Å². The Balaban J connectivity index is 1.94. The topological polar surface area (TPSA) is 93.5 Å². The summed E-state index contributed by atoms with van der Waals surface area (Å²) in [5.74, 6) is -0.676. The number of benzene rings is 2. The third-order valence-corrected chi connectivity index (χ3v) is 4.76. The first-order valence-electron chi connectivity index (χ1n) is 8.93. The number of nitrogens with one attached hydrogen (secondary N) is 1. The third kappa shape index (κ3) is 3.46. The fraction of sp³-hybridized carbons (Fsp3) is 0.0455. The second-order valence-electron chi connectivity index (χ2n) is 6.40. The molecule has 1 amide bonds. The molecule has 4 aromatic rings. The Morgan fingerprint density at radius 2 is 1.93 bits per heavy atom. The molecule has 0 aliphatic heterocycles. The molecule has 2 aromatic carbocycles. The van der Waals surface area contributed by atoms with Crippen LogP contribution in [-0.4, -0.2) is 27.7 Å². The number of carbonyl (C=O) groups excluding carboxylic acids is 1. The monoisotopic (exact) mass is 421 g/mol. The SMILES string of the molecule is COc1cccc(-n2c(=O)c(C(=O)Nc3cccc(Cl)c3)c(O)c3cccnc32)c1. The number of fused-ring (bicyclic) bond motifs is 1. The number of carbonyl (C=O) groups is 1. The number of amides is 1. The fourth-order valence-corrected chi connectivity index (χ4v) is 3.35. The van der Waals surface area contributed by atoms with Gasteiger partial charge in [0.1, 0.15) is 17.1 Å². The average molecular weight is 422 g/mol. The number of methoxy groups -OCH3 is 1. The van der Waals surface area contributed by atoms with Crippen molar-refractivity contribution in [3.63, 3.8) is 0 Å². The molecule has 0 unspecified atom stereocenters. The molecular formula is C22H16ClN3O4. The minimum absolute atomic E-state index is 0.215. The molecule has 150 valence electrons. The van der Waals surface area contributed by atoms with E-state index in [9.17, 15) is 14.7 Å². The molecule has 30 heavy (non-hydrogen) atoms. The van der Waals surface area contributed by atoms with Crippen molar-refractivity contribution in [2.75, 3.05) is 12.4 Å². The Hall–Kier alpha value is -3.84. The largest absolute Gasteiger partial charge is 0.506 e. The summed E-state index contributed by atoms with van der Waals surface area (Å²) in [6.45, 7) is 0. The van der Waals surface area contributed by atoms with Crippen LogP contribution in [0.3, 0.4) is 0 Å². The Labute approximate surface area is 176 Å². The summed E-state index contributed by atoms with van der Waals surface area (Å²) in [4.78, 5) is 30.5. The molecule has 0 radical (unpaired) electrons.